The summed E-state index contributed by atoms with van der Waals surface area (Å²) in [4.78, 5) is 71.9. The highest BCUT2D eigenvalue weighted by Gasteiger charge is 2.32. The molecule has 15 nitrogen and oxygen atoms in total. The Morgan fingerprint density at radius 2 is 1.24 bits per heavy atom. The number of hydrogen-bond donors (Lipinski definition) is 9. The number of amides is 5. The first-order valence-corrected chi connectivity index (χ1v) is 16.5. The van der Waals surface area contributed by atoms with E-state index in [1.807, 2.05) is 42.5 Å². The molecule has 3 aromatic carbocycles. The van der Waals surface area contributed by atoms with Gasteiger partial charge < -0.3 is 48.9 Å². The van der Waals surface area contributed by atoms with E-state index in [-0.39, 0.29) is 50.5 Å². The minimum Gasteiger partial charge on any atom is -0.508 e. The van der Waals surface area contributed by atoms with Crippen LogP contribution in [0.15, 0.2) is 71.7 Å². The summed E-state index contributed by atoms with van der Waals surface area (Å²) in [7, 11) is 0. The standard InChI is InChI=1S/C35H45N9O6/c36-15-3-7-26-32(48)42-27(8-4-16-39-35(37)38)33(49)44-28(19-22-9-12-23-5-1-2-6-24(23)17-22)31(47)40-20-30(46)41-29(34(50)43-26)18-21-10-13-25(45)14-11-21/h1-2,5-6,9-14,17,26-29,45H,3-4,7-8,15-16,18-20,36H2,(H,40,47)(H,41,46)(H,42,48)(H,43,50)(H,44,49)(H4,37,38,39)/t26-,27-,28-,29+/m0/s1. The predicted molar refractivity (Wildman–Crippen MR) is 188 cm³/mol. The number of hydrogen-bond acceptors (Lipinski definition) is 8. The van der Waals surface area contributed by atoms with Crippen molar-refractivity contribution in [2.24, 2.45) is 22.2 Å². The highest BCUT2D eigenvalue weighted by atomic mass is 16.3. The molecule has 1 aliphatic heterocycles. The number of rotatable bonds is 11. The van der Waals surface area contributed by atoms with Crippen LogP contribution < -0.4 is 43.8 Å². The van der Waals surface area contributed by atoms with E-state index in [9.17, 15) is 29.1 Å². The van der Waals surface area contributed by atoms with Crippen LogP contribution in [-0.4, -0.2) is 84.4 Å². The third kappa shape index (κ3) is 11.2. The molecule has 4 rings (SSSR count). The van der Waals surface area contributed by atoms with Crippen LogP contribution in [0.5, 0.6) is 5.75 Å². The van der Waals surface area contributed by atoms with Gasteiger partial charge in [-0.2, -0.15) is 0 Å². The van der Waals surface area contributed by atoms with Crippen LogP contribution in [0.25, 0.3) is 10.8 Å². The SMILES string of the molecule is NCCC[C@@H]1NC(=O)[C@@H](Cc2ccc(O)cc2)NC(=O)CNC(=O)[C@H](Cc2ccc3ccccc3c2)NC(=O)[C@H](CCCN=C(N)N)NC1=O. The van der Waals surface area contributed by atoms with Gasteiger partial charge in [0.1, 0.15) is 29.9 Å². The van der Waals surface area contributed by atoms with Crippen LogP contribution in [0, 0.1) is 0 Å². The van der Waals surface area contributed by atoms with Crippen LogP contribution in [0.1, 0.15) is 36.8 Å². The number of aliphatic imine (C=N–C) groups is 1. The molecule has 50 heavy (non-hydrogen) atoms. The fourth-order valence-corrected chi connectivity index (χ4v) is 5.60. The number of carbonyl (C=O) groups is 5. The summed E-state index contributed by atoms with van der Waals surface area (Å²) in [6.07, 6.45) is 1.06. The fraction of sp³-hybridized carbons (Fsp3) is 0.371. The van der Waals surface area contributed by atoms with E-state index in [1.54, 1.807) is 12.1 Å². The van der Waals surface area contributed by atoms with Crippen molar-refractivity contribution < 1.29 is 29.1 Å². The maximum atomic E-state index is 13.8. The molecule has 3 aromatic rings. The zero-order valence-electron chi connectivity index (χ0n) is 27.7. The van der Waals surface area contributed by atoms with Gasteiger partial charge in [0.25, 0.3) is 0 Å². The topological polar surface area (TPSA) is 256 Å². The van der Waals surface area contributed by atoms with Crippen LogP contribution in [-0.2, 0) is 36.8 Å². The van der Waals surface area contributed by atoms with Crippen molar-refractivity contribution in [3.05, 3.63) is 77.9 Å². The monoisotopic (exact) mass is 687 g/mol. The van der Waals surface area contributed by atoms with Crippen LogP contribution >= 0.6 is 0 Å². The molecule has 1 aliphatic rings. The van der Waals surface area contributed by atoms with Crippen LogP contribution in [0.4, 0.5) is 0 Å². The van der Waals surface area contributed by atoms with Gasteiger partial charge in [0.15, 0.2) is 5.96 Å². The molecule has 1 heterocycles. The van der Waals surface area contributed by atoms with E-state index in [2.05, 4.69) is 31.6 Å². The van der Waals surface area contributed by atoms with E-state index in [0.717, 1.165) is 16.3 Å². The molecule has 15 heteroatoms. The Bertz CT molecular complexity index is 1690. The lowest BCUT2D eigenvalue weighted by Crippen LogP contribution is -2.58. The van der Waals surface area contributed by atoms with E-state index >= 15 is 0 Å². The summed E-state index contributed by atoms with van der Waals surface area (Å²) in [6, 6.07) is 15.0. The third-order valence-electron chi connectivity index (χ3n) is 8.25. The molecule has 12 N–H and O–H groups in total. The average molecular weight is 688 g/mol. The highest BCUT2D eigenvalue weighted by Crippen LogP contribution is 2.17. The Hall–Kier alpha value is -5.70. The summed E-state index contributed by atoms with van der Waals surface area (Å²) in [5, 5.41) is 25.1. The maximum absolute atomic E-state index is 13.8. The van der Waals surface area contributed by atoms with E-state index < -0.39 is 60.2 Å². The quantitative estimate of drug-likeness (QED) is 0.0693. The Kier molecular flexibility index (Phi) is 13.5. The lowest BCUT2D eigenvalue weighted by molar-refractivity contribution is -0.134. The fourth-order valence-electron chi connectivity index (χ4n) is 5.60. The first kappa shape index (κ1) is 37.1. The van der Waals surface area contributed by atoms with Gasteiger partial charge in [0.05, 0.1) is 6.54 Å². The van der Waals surface area contributed by atoms with Gasteiger partial charge in [-0.05, 0) is 66.3 Å². The zero-order chi connectivity index (χ0) is 36.0. The first-order chi connectivity index (χ1) is 24.0. The second-order valence-electron chi connectivity index (χ2n) is 12.2. The summed E-state index contributed by atoms with van der Waals surface area (Å²) >= 11 is 0. The number of fused-ring (bicyclic) bond motifs is 1. The Morgan fingerprint density at radius 1 is 0.680 bits per heavy atom. The van der Waals surface area contributed by atoms with Crippen molar-refractivity contribution in [3.63, 3.8) is 0 Å². The van der Waals surface area contributed by atoms with Gasteiger partial charge in [0.2, 0.25) is 29.5 Å². The second-order valence-corrected chi connectivity index (χ2v) is 12.2. The summed E-state index contributed by atoms with van der Waals surface area (Å²) in [5.41, 5.74) is 18.0. The Balaban J connectivity index is 1.66. The number of aromatic hydroxyl groups is 1. The van der Waals surface area contributed by atoms with Crippen molar-refractivity contribution in [1.29, 1.82) is 0 Å². The normalized spacial score (nSPS) is 20.7. The van der Waals surface area contributed by atoms with Crippen molar-refractivity contribution in [3.8, 4) is 5.75 Å². The molecular weight excluding hydrogens is 642 g/mol. The van der Waals surface area contributed by atoms with Crippen molar-refractivity contribution in [2.45, 2.75) is 62.7 Å². The summed E-state index contributed by atoms with van der Waals surface area (Å²) in [6.45, 7) is -0.0684. The molecule has 0 bridgehead atoms. The second kappa shape index (κ2) is 18.2. The number of nitrogens with zero attached hydrogens (tertiary/aromatic N) is 1. The molecule has 0 aromatic heterocycles. The van der Waals surface area contributed by atoms with Gasteiger partial charge in [-0.25, -0.2) is 0 Å². The molecule has 0 radical (unpaired) electrons. The van der Waals surface area contributed by atoms with E-state index in [0.29, 0.717) is 18.4 Å². The van der Waals surface area contributed by atoms with E-state index in [4.69, 9.17) is 17.2 Å². The van der Waals surface area contributed by atoms with Gasteiger partial charge in [0, 0.05) is 19.4 Å². The average Bonchev–Trinajstić information content (AvgIpc) is 3.09. The van der Waals surface area contributed by atoms with Gasteiger partial charge in [-0.1, -0.05) is 54.6 Å². The van der Waals surface area contributed by atoms with Crippen molar-refractivity contribution >= 4 is 46.3 Å². The zero-order valence-corrected chi connectivity index (χ0v) is 27.7. The summed E-state index contributed by atoms with van der Waals surface area (Å²) in [5.74, 6) is -3.34. The number of carbonyl (C=O) groups excluding carboxylic acids is 5. The Labute approximate surface area is 289 Å². The molecule has 5 amide bonds. The highest BCUT2D eigenvalue weighted by molar-refractivity contribution is 5.97. The molecule has 0 aliphatic carbocycles. The molecule has 0 spiro atoms. The number of phenolic OH excluding ortho intramolecular Hbond substituents is 1. The first-order valence-electron chi connectivity index (χ1n) is 16.5. The molecule has 0 saturated carbocycles. The number of nitrogens with one attached hydrogen (secondary N) is 5. The maximum Gasteiger partial charge on any atom is 0.243 e. The molecule has 4 atom stereocenters. The van der Waals surface area contributed by atoms with Crippen molar-refractivity contribution in [2.75, 3.05) is 19.6 Å². The van der Waals surface area contributed by atoms with Gasteiger partial charge >= 0.3 is 0 Å². The lowest BCUT2D eigenvalue weighted by Gasteiger charge is -2.26. The number of phenols is 1. The van der Waals surface area contributed by atoms with Crippen molar-refractivity contribution in [1.82, 2.24) is 26.6 Å². The van der Waals surface area contributed by atoms with Crippen LogP contribution in [0.2, 0.25) is 0 Å². The summed E-state index contributed by atoms with van der Waals surface area (Å²) < 4.78 is 0. The molecule has 1 fully saturated rings. The predicted octanol–water partition coefficient (Wildman–Crippen LogP) is -0.808. The molecule has 0 unspecified atom stereocenters. The van der Waals surface area contributed by atoms with Gasteiger partial charge in [-0.3, -0.25) is 29.0 Å². The molecule has 1 saturated heterocycles. The minimum atomic E-state index is -1.15. The molecule has 266 valence electrons. The lowest BCUT2D eigenvalue weighted by atomic mass is 10.0. The number of benzene rings is 3. The largest absolute Gasteiger partial charge is 0.508 e. The van der Waals surface area contributed by atoms with Crippen LogP contribution in [0.3, 0.4) is 0 Å². The molecular formula is C35H45N9O6. The smallest absolute Gasteiger partial charge is 0.243 e. The number of guanidine groups is 1. The van der Waals surface area contributed by atoms with E-state index in [1.165, 1.54) is 12.1 Å². The minimum absolute atomic E-state index is 0.0229. The van der Waals surface area contributed by atoms with Gasteiger partial charge in [-0.15, -0.1) is 0 Å². The Morgan fingerprint density at radius 3 is 1.90 bits per heavy atom. The number of nitrogens with two attached hydrogens (primary N) is 3. The third-order valence-corrected chi connectivity index (χ3v) is 8.25.